The fourth-order valence-corrected chi connectivity index (χ4v) is 4.09. The molecule has 0 bridgehead atoms. The molecule has 0 spiro atoms. The van der Waals surface area contributed by atoms with Gasteiger partial charge < -0.3 is 10.4 Å². The molecular formula is C19H22N4OS. The van der Waals surface area contributed by atoms with Gasteiger partial charge in [0.25, 0.3) is 0 Å². The van der Waals surface area contributed by atoms with Crippen LogP contribution in [0.3, 0.4) is 0 Å². The SMILES string of the molecule is CC1CCC(O)(CNc2nc(-c3ccccn3)nc3sccc23)CC1. The summed E-state index contributed by atoms with van der Waals surface area (Å²) < 4.78 is 0. The highest BCUT2D eigenvalue weighted by Gasteiger charge is 2.31. The predicted octanol–water partition coefficient (Wildman–Crippen LogP) is 4.11. The van der Waals surface area contributed by atoms with Crippen molar-refractivity contribution in [2.24, 2.45) is 5.92 Å². The molecule has 1 fully saturated rings. The Labute approximate surface area is 151 Å². The number of pyridine rings is 1. The van der Waals surface area contributed by atoms with Gasteiger partial charge in [-0.1, -0.05) is 13.0 Å². The van der Waals surface area contributed by atoms with Crippen LogP contribution in [0.25, 0.3) is 21.7 Å². The van der Waals surface area contributed by atoms with Gasteiger partial charge in [0.05, 0.1) is 11.0 Å². The zero-order valence-electron chi connectivity index (χ0n) is 14.3. The van der Waals surface area contributed by atoms with Gasteiger partial charge in [-0.05, 0) is 55.2 Å². The number of nitrogens with one attached hydrogen (secondary N) is 1. The topological polar surface area (TPSA) is 70.9 Å². The van der Waals surface area contributed by atoms with E-state index in [4.69, 9.17) is 0 Å². The Kier molecular flexibility index (Phi) is 4.39. The molecule has 130 valence electrons. The van der Waals surface area contributed by atoms with E-state index in [2.05, 4.69) is 27.2 Å². The van der Waals surface area contributed by atoms with E-state index in [9.17, 15) is 5.11 Å². The lowest BCUT2D eigenvalue weighted by atomic mass is 9.79. The van der Waals surface area contributed by atoms with Crippen LogP contribution in [-0.4, -0.2) is 32.2 Å². The van der Waals surface area contributed by atoms with Gasteiger partial charge in [0.15, 0.2) is 5.82 Å². The summed E-state index contributed by atoms with van der Waals surface area (Å²) in [6.07, 6.45) is 5.58. The molecule has 4 rings (SSSR count). The highest BCUT2D eigenvalue weighted by Crippen LogP contribution is 2.33. The number of hydrogen-bond acceptors (Lipinski definition) is 6. The summed E-state index contributed by atoms with van der Waals surface area (Å²) in [5.41, 5.74) is 0.108. The average molecular weight is 354 g/mol. The molecule has 3 heterocycles. The Morgan fingerprint density at radius 1 is 1.24 bits per heavy atom. The minimum atomic E-state index is -0.648. The van der Waals surface area contributed by atoms with Crippen molar-refractivity contribution >= 4 is 27.4 Å². The van der Waals surface area contributed by atoms with Gasteiger partial charge in [-0.15, -0.1) is 11.3 Å². The van der Waals surface area contributed by atoms with Gasteiger partial charge in [0.2, 0.25) is 0 Å². The summed E-state index contributed by atoms with van der Waals surface area (Å²) in [5, 5.41) is 17.2. The van der Waals surface area contributed by atoms with Crippen LogP contribution in [0.5, 0.6) is 0 Å². The molecule has 1 aliphatic carbocycles. The minimum Gasteiger partial charge on any atom is -0.388 e. The fraction of sp³-hybridized carbons (Fsp3) is 0.421. The number of rotatable bonds is 4. The second kappa shape index (κ2) is 6.69. The summed E-state index contributed by atoms with van der Waals surface area (Å²) in [6, 6.07) is 7.75. The first-order chi connectivity index (χ1) is 12.1. The maximum absolute atomic E-state index is 10.8. The van der Waals surface area contributed by atoms with E-state index in [-0.39, 0.29) is 0 Å². The molecule has 3 aromatic rings. The summed E-state index contributed by atoms with van der Waals surface area (Å²) in [5.74, 6) is 2.10. The number of fused-ring (bicyclic) bond motifs is 1. The number of aromatic nitrogens is 3. The van der Waals surface area contributed by atoms with Crippen LogP contribution in [0.4, 0.5) is 5.82 Å². The lowest BCUT2D eigenvalue weighted by molar-refractivity contribution is 0.00497. The quantitative estimate of drug-likeness (QED) is 0.738. The van der Waals surface area contributed by atoms with E-state index in [0.717, 1.165) is 47.4 Å². The molecule has 0 saturated heterocycles. The van der Waals surface area contributed by atoms with E-state index in [0.29, 0.717) is 18.3 Å². The van der Waals surface area contributed by atoms with Crippen LogP contribution < -0.4 is 5.32 Å². The smallest absolute Gasteiger partial charge is 0.181 e. The maximum Gasteiger partial charge on any atom is 0.181 e. The van der Waals surface area contributed by atoms with Crippen molar-refractivity contribution in [3.63, 3.8) is 0 Å². The van der Waals surface area contributed by atoms with Gasteiger partial charge in [-0.25, -0.2) is 9.97 Å². The molecular weight excluding hydrogens is 332 g/mol. The predicted molar refractivity (Wildman–Crippen MR) is 102 cm³/mol. The third-order valence-corrected chi connectivity index (χ3v) is 5.82. The van der Waals surface area contributed by atoms with Crippen LogP contribution in [0.2, 0.25) is 0 Å². The summed E-state index contributed by atoms with van der Waals surface area (Å²) in [4.78, 5) is 14.6. The van der Waals surface area contributed by atoms with Gasteiger partial charge in [-0.3, -0.25) is 4.98 Å². The third-order valence-electron chi connectivity index (χ3n) is 5.01. The van der Waals surface area contributed by atoms with Crippen LogP contribution in [-0.2, 0) is 0 Å². The number of hydrogen-bond donors (Lipinski definition) is 2. The van der Waals surface area contributed by atoms with Crippen molar-refractivity contribution < 1.29 is 5.11 Å². The fourth-order valence-electron chi connectivity index (χ4n) is 3.32. The van der Waals surface area contributed by atoms with Crippen LogP contribution >= 0.6 is 11.3 Å². The van der Waals surface area contributed by atoms with Crippen molar-refractivity contribution in [1.82, 2.24) is 15.0 Å². The van der Waals surface area contributed by atoms with Gasteiger partial charge in [-0.2, -0.15) is 0 Å². The van der Waals surface area contributed by atoms with Crippen LogP contribution in [0.15, 0.2) is 35.8 Å². The highest BCUT2D eigenvalue weighted by molar-refractivity contribution is 7.16. The number of anilines is 1. The van der Waals surface area contributed by atoms with Crippen LogP contribution in [0.1, 0.15) is 32.6 Å². The molecule has 1 aliphatic rings. The highest BCUT2D eigenvalue weighted by atomic mass is 32.1. The summed E-state index contributed by atoms with van der Waals surface area (Å²) >= 11 is 1.59. The molecule has 0 aromatic carbocycles. The minimum absolute atomic E-state index is 0.517. The first-order valence-electron chi connectivity index (χ1n) is 8.76. The van der Waals surface area contributed by atoms with Crippen molar-refractivity contribution in [2.75, 3.05) is 11.9 Å². The molecule has 0 radical (unpaired) electrons. The monoisotopic (exact) mass is 354 g/mol. The third kappa shape index (κ3) is 3.50. The molecule has 25 heavy (non-hydrogen) atoms. The van der Waals surface area contributed by atoms with E-state index in [1.165, 1.54) is 0 Å². The van der Waals surface area contributed by atoms with Crippen molar-refractivity contribution in [3.8, 4) is 11.5 Å². The largest absolute Gasteiger partial charge is 0.388 e. The number of aliphatic hydroxyl groups is 1. The lowest BCUT2D eigenvalue weighted by Crippen LogP contribution is -2.40. The normalized spacial score (nSPS) is 23.7. The Hall–Kier alpha value is -2.05. The Balaban J connectivity index is 1.61. The molecule has 0 unspecified atom stereocenters. The first-order valence-corrected chi connectivity index (χ1v) is 9.64. The Bertz CT molecular complexity index is 856. The van der Waals surface area contributed by atoms with Gasteiger partial charge >= 0.3 is 0 Å². The van der Waals surface area contributed by atoms with E-state index in [1.54, 1.807) is 17.5 Å². The molecule has 1 saturated carbocycles. The van der Waals surface area contributed by atoms with E-state index >= 15 is 0 Å². The zero-order chi connectivity index (χ0) is 17.3. The second-order valence-corrected chi connectivity index (χ2v) is 7.91. The number of thiophene rings is 1. The maximum atomic E-state index is 10.8. The van der Waals surface area contributed by atoms with Gasteiger partial charge in [0.1, 0.15) is 16.3 Å². The molecule has 3 aromatic heterocycles. The van der Waals surface area contributed by atoms with Gasteiger partial charge in [0, 0.05) is 12.7 Å². The Morgan fingerprint density at radius 3 is 2.84 bits per heavy atom. The molecule has 5 nitrogen and oxygen atoms in total. The summed E-state index contributed by atoms with van der Waals surface area (Å²) in [7, 11) is 0. The van der Waals surface area contributed by atoms with E-state index in [1.807, 2.05) is 29.6 Å². The zero-order valence-corrected chi connectivity index (χ0v) is 15.1. The lowest BCUT2D eigenvalue weighted by Gasteiger charge is -2.35. The van der Waals surface area contributed by atoms with E-state index < -0.39 is 5.60 Å². The molecule has 0 amide bonds. The Morgan fingerprint density at radius 2 is 2.08 bits per heavy atom. The van der Waals surface area contributed by atoms with Crippen molar-refractivity contribution in [2.45, 2.75) is 38.2 Å². The summed E-state index contributed by atoms with van der Waals surface area (Å²) in [6.45, 7) is 2.77. The standard InChI is InChI=1S/C19H22N4OS/c1-13-5-8-19(24,9-6-13)12-21-16-14-7-11-25-18(14)23-17(22-16)15-4-2-3-10-20-15/h2-4,7,10-11,13,24H,5-6,8-9,12H2,1H3,(H,21,22,23). The van der Waals surface area contributed by atoms with Crippen molar-refractivity contribution in [1.29, 1.82) is 0 Å². The first kappa shape index (κ1) is 16.4. The average Bonchev–Trinajstić information content (AvgIpc) is 3.12. The molecule has 0 aliphatic heterocycles. The molecule has 2 N–H and O–H groups in total. The second-order valence-electron chi connectivity index (χ2n) is 7.01. The molecule has 0 atom stereocenters. The molecule has 6 heteroatoms. The van der Waals surface area contributed by atoms with Crippen molar-refractivity contribution in [3.05, 3.63) is 35.8 Å². The van der Waals surface area contributed by atoms with Crippen LogP contribution in [0, 0.1) is 5.92 Å². The number of nitrogens with zero attached hydrogens (tertiary/aromatic N) is 3.